The van der Waals surface area contributed by atoms with Crippen LogP contribution in [0.1, 0.15) is 32.1 Å². The van der Waals surface area contributed by atoms with E-state index in [-0.39, 0.29) is 5.78 Å². The first kappa shape index (κ1) is 12.4. The van der Waals surface area contributed by atoms with Gasteiger partial charge >= 0.3 is 0 Å². The van der Waals surface area contributed by atoms with E-state index in [2.05, 4.69) is 40.8 Å². The minimum Gasteiger partial charge on any atom is -0.293 e. The number of carbonyl (C=O) groups excluding carboxylic acids is 1. The van der Waals surface area contributed by atoms with Crippen LogP contribution in [0.25, 0.3) is 0 Å². The van der Waals surface area contributed by atoms with E-state index in [1.807, 2.05) is 12.1 Å². The molecule has 3 heteroatoms. The second-order valence-electron chi connectivity index (χ2n) is 4.64. The molecule has 1 aromatic carbocycles. The minimum atomic E-state index is 0.260. The van der Waals surface area contributed by atoms with Crippen molar-refractivity contribution in [1.82, 2.24) is 0 Å². The Morgan fingerprint density at radius 1 is 1.22 bits per heavy atom. The predicted octanol–water partition coefficient (Wildman–Crippen LogP) is 4.27. The standard InChI is InChI=1S/C15H13IOS/c16-12-6-4-10(5-7-12)8-13(17)15-9-11-2-1-3-14(11)18-15/h4-7,9H,1-3,8H2. The van der Waals surface area contributed by atoms with Crippen molar-refractivity contribution in [3.63, 3.8) is 0 Å². The monoisotopic (exact) mass is 368 g/mol. The van der Waals surface area contributed by atoms with Gasteiger partial charge in [0.2, 0.25) is 0 Å². The number of ketones is 1. The minimum absolute atomic E-state index is 0.260. The lowest BCUT2D eigenvalue weighted by molar-refractivity contribution is 0.0997. The molecule has 18 heavy (non-hydrogen) atoms. The molecule has 2 aromatic rings. The van der Waals surface area contributed by atoms with Gasteiger partial charge in [-0.25, -0.2) is 0 Å². The third-order valence-electron chi connectivity index (χ3n) is 3.30. The lowest BCUT2D eigenvalue weighted by atomic mass is 10.1. The highest BCUT2D eigenvalue weighted by Gasteiger charge is 2.18. The van der Waals surface area contributed by atoms with Gasteiger partial charge in [-0.2, -0.15) is 0 Å². The SMILES string of the molecule is O=C(Cc1ccc(I)cc1)c1cc2c(s1)CCC2. The summed E-state index contributed by atoms with van der Waals surface area (Å²) in [6.07, 6.45) is 4.10. The molecular weight excluding hydrogens is 355 g/mol. The van der Waals surface area contributed by atoms with E-state index >= 15 is 0 Å². The fraction of sp³-hybridized carbons (Fsp3) is 0.267. The van der Waals surface area contributed by atoms with Crippen molar-refractivity contribution in [3.8, 4) is 0 Å². The zero-order valence-corrected chi connectivity index (χ0v) is 12.9. The van der Waals surface area contributed by atoms with E-state index < -0.39 is 0 Å². The molecule has 0 spiro atoms. The maximum Gasteiger partial charge on any atom is 0.177 e. The Hall–Kier alpha value is -0.680. The molecule has 0 saturated heterocycles. The fourth-order valence-corrected chi connectivity index (χ4v) is 3.89. The Morgan fingerprint density at radius 3 is 2.72 bits per heavy atom. The molecule has 0 N–H and O–H groups in total. The van der Waals surface area contributed by atoms with E-state index in [1.54, 1.807) is 11.3 Å². The molecule has 1 aromatic heterocycles. The van der Waals surface area contributed by atoms with Gasteiger partial charge in [-0.3, -0.25) is 4.79 Å². The Balaban J connectivity index is 1.76. The maximum atomic E-state index is 12.2. The van der Waals surface area contributed by atoms with Crippen LogP contribution in [-0.2, 0) is 19.3 Å². The summed E-state index contributed by atoms with van der Waals surface area (Å²) in [6.45, 7) is 0. The zero-order valence-electron chi connectivity index (χ0n) is 9.91. The Morgan fingerprint density at radius 2 is 2.00 bits per heavy atom. The summed E-state index contributed by atoms with van der Waals surface area (Å²) >= 11 is 3.98. The van der Waals surface area contributed by atoms with Crippen LogP contribution >= 0.6 is 33.9 Å². The molecule has 0 unspecified atom stereocenters. The van der Waals surface area contributed by atoms with Gasteiger partial charge in [0.25, 0.3) is 0 Å². The number of aryl methyl sites for hydroxylation is 2. The molecule has 0 amide bonds. The van der Waals surface area contributed by atoms with Crippen LogP contribution < -0.4 is 0 Å². The van der Waals surface area contributed by atoms with Crippen LogP contribution in [0.4, 0.5) is 0 Å². The lowest BCUT2D eigenvalue weighted by Crippen LogP contribution is -2.01. The van der Waals surface area contributed by atoms with Crippen molar-refractivity contribution in [2.75, 3.05) is 0 Å². The molecular formula is C15H13IOS. The molecule has 0 saturated carbocycles. The van der Waals surface area contributed by atoms with E-state index in [0.29, 0.717) is 6.42 Å². The second-order valence-corrected chi connectivity index (χ2v) is 7.02. The number of carbonyl (C=O) groups is 1. The molecule has 1 aliphatic carbocycles. The van der Waals surface area contributed by atoms with Gasteiger partial charge in [-0.1, -0.05) is 12.1 Å². The van der Waals surface area contributed by atoms with Crippen molar-refractivity contribution in [2.24, 2.45) is 0 Å². The molecule has 0 aliphatic heterocycles. The van der Waals surface area contributed by atoms with Gasteiger partial charge in [-0.15, -0.1) is 11.3 Å². The Kier molecular flexibility index (Phi) is 3.52. The van der Waals surface area contributed by atoms with E-state index in [1.165, 1.54) is 20.4 Å². The summed E-state index contributed by atoms with van der Waals surface area (Å²) in [5.74, 6) is 0.260. The maximum absolute atomic E-state index is 12.2. The van der Waals surface area contributed by atoms with Crippen molar-refractivity contribution < 1.29 is 4.79 Å². The van der Waals surface area contributed by atoms with Gasteiger partial charge in [0.05, 0.1) is 4.88 Å². The average molecular weight is 368 g/mol. The second kappa shape index (κ2) is 5.13. The number of hydrogen-bond donors (Lipinski definition) is 0. The summed E-state index contributed by atoms with van der Waals surface area (Å²) < 4.78 is 1.21. The molecule has 92 valence electrons. The summed E-state index contributed by atoms with van der Waals surface area (Å²) in [5, 5.41) is 0. The van der Waals surface area contributed by atoms with Gasteiger partial charge in [0, 0.05) is 14.9 Å². The highest BCUT2D eigenvalue weighted by Crippen LogP contribution is 2.31. The zero-order chi connectivity index (χ0) is 12.5. The fourth-order valence-electron chi connectivity index (χ4n) is 2.34. The molecule has 1 aliphatic rings. The molecule has 0 bridgehead atoms. The van der Waals surface area contributed by atoms with Crippen LogP contribution in [0.5, 0.6) is 0 Å². The van der Waals surface area contributed by atoms with Crippen molar-refractivity contribution in [1.29, 1.82) is 0 Å². The number of benzene rings is 1. The molecule has 1 nitrogen and oxygen atoms in total. The third-order valence-corrected chi connectivity index (χ3v) is 5.30. The van der Waals surface area contributed by atoms with Gasteiger partial charge in [-0.05, 0) is 71.2 Å². The van der Waals surface area contributed by atoms with E-state index in [4.69, 9.17) is 0 Å². The smallest absolute Gasteiger partial charge is 0.177 e. The molecule has 0 fully saturated rings. The summed E-state index contributed by atoms with van der Waals surface area (Å²) in [4.78, 5) is 14.6. The Labute approximate surface area is 124 Å². The first-order chi connectivity index (χ1) is 8.72. The average Bonchev–Trinajstić information content (AvgIpc) is 2.92. The largest absolute Gasteiger partial charge is 0.293 e. The molecule has 3 rings (SSSR count). The normalized spacial score (nSPS) is 13.6. The highest BCUT2D eigenvalue weighted by atomic mass is 127. The summed E-state index contributed by atoms with van der Waals surface area (Å²) in [6, 6.07) is 10.3. The summed E-state index contributed by atoms with van der Waals surface area (Å²) in [7, 11) is 0. The van der Waals surface area contributed by atoms with E-state index in [0.717, 1.165) is 23.3 Å². The number of rotatable bonds is 3. The van der Waals surface area contributed by atoms with Crippen LogP contribution in [0.2, 0.25) is 0 Å². The third kappa shape index (κ3) is 2.52. The first-order valence-corrected chi connectivity index (χ1v) is 8.01. The van der Waals surface area contributed by atoms with Gasteiger partial charge < -0.3 is 0 Å². The first-order valence-electron chi connectivity index (χ1n) is 6.11. The lowest BCUT2D eigenvalue weighted by Gasteiger charge is -1.99. The predicted molar refractivity (Wildman–Crippen MR) is 83.5 cm³/mol. The summed E-state index contributed by atoms with van der Waals surface area (Å²) in [5.41, 5.74) is 2.51. The van der Waals surface area contributed by atoms with Crippen molar-refractivity contribution in [3.05, 3.63) is 54.8 Å². The topological polar surface area (TPSA) is 17.1 Å². The molecule has 0 atom stereocenters. The number of Topliss-reactive ketones (excluding diaryl/α,β-unsaturated/α-hetero) is 1. The van der Waals surface area contributed by atoms with Gasteiger partial charge in [0.15, 0.2) is 5.78 Å². The number of fused-ring (bicyclic) bond motifs is 1. The van der Waals surface area contributed by atoms with Gasteiger partial charge in [0.1, 0.15) is 0 Å². The van der Waals surface area contributed by atoms with E-state index in [9.17, 15) is 4.79 Å². The quantitative estimate of drug-likeness (QED) is 0.584. The number of thiophene rings is 1. The highest BCUT2D eigenvalue weighted by molar-refractivity contribution is 14.1. The van der Waals surface area contributed by atoms with Crippen LogP contribution in [0, 0.1) is 3.57 Å². The Bertz CT molecular complexity index is 562. The number of hydrogen-bond acceptors (Lipinski definition) is 2. The number of halogens is 1. The van der Waals surface area contributed by atoms with Crippen LogP contribution in [0.3, 0.4) is 0 Å². The van der Waals surface area contributed by atoms with Crippen molar-refractivity contribution >= 4 is 39.7 Å². The van der Waals surface area contributed by atoms with Crippen molar-refractivity contribution in [2.45, 2.75) is 25.7 Å². The molecule has 0 radical (unpaired) electrons. The van der Waals surface area contributed by atoms with Crippen LogP contribution in [-0.4, -0.2) is 5.78 Å². The van der Waals surface area contributed by atoms with Crippen LogP contribution in [0.15, 0.2) is 30.3 Å². The molecule has 1 heterocycles.